The van der Waals surface area contributed by atoms with Crippen LogP contribution in [0.1, 0.15) is 10.4 Å². The molecule has 0 aliphatic rings. The second-order valence-corrected chi connectivity index (χ2v) is 6.74. The van der Waals surface area contributed by atoms with E-state index in [1.165, 1.54) is 30.5 Å². The van der Waals surface area contributed by atoms with E-state index in [1.54, 1.807) is 0 Å². The molecule has 2 aromatic carbocycles. The molecule has 33 heavy (non-hydrogen) atoms. The highest BCUT2D eigenvalue weighted by Crippen LogP contribution is 2.28. The van der Waals surface area contributed by atoms with Crippen molar-refractivity contribution in [2.45, 2.75) is 0 Å². The molecule has 0 radical (unpaired) electrons. The number of aromatic nitrogens is 7. The van der Waals surface area contributed by atoms with Gasteiger partial charge in [0.25, 0.3) is 17.4 Å². The van der Waals surface area contributed by atoms with Gasteiger partial charge >= 0.3 is 5.97 Å². The molecule has 5 aromatic rings. The summed E-state index contributed by atoms with van der Waals surface area (Å²) in [7, 11) is 0. The predicted molar refractivity (Wildman–Crippen MR) is 112 cm³/mol. The molecule has 162 valence electrons. The zero-order chi connectivity index (χ0) is 22.9. The first kappa shape index (κ1) is 19.8. The molecule has 0 unspecified atom stereocenters. The number of nitrogens with zero attached hydrogens (tertiary/aromatic N) is 7. The van der Waals surface area contributed by atoms with Crippen LogP contribution in [0.2, 0.25) is 0 Å². The summed E-state index contributed by atoms with van der Waals surface area (Å²) in [5.74, 6) is -1.88. The summed E-state index contributed by atoms with van der Waals surface area (Å²) in [5, 5.41) is 31.6. The van der Waals surface area contributed by atoms with Gasteiger partial charge in [-0.2, -0.15) is 0 Å². The first-order chi connectivity index (χ1) is 16.0. The molecule has 0 spiro atoms. The van der Waals surface area contributed by atoms with Crippen molar-refractivity contribution in [3.63, 3.8) is 0 Å². The number of oxazole rings is 1. The zero-order valence-electron chi connectivity index (χ0n) is 16.6. The van der Waals surface area contributed by atoms with Crippen LogP contribution in [0.3, 0.4) is 0 Å². The normalized spacial score (nSPS) is 10.9. The first-order valence-corrected chi connectivity index (χ1v) is 9.48. The molecular formula is C21H13N7O5. The molecule has 0 atom stereocenters. The average molecular weight is 443 g/mol. The van der Waals surface area contributed by atoms with Gasteiger partial charge in [-0.15, -0.1) is 9.90 Å². The molecule has 0 aliphatic carbocycles. The van der Waals surface area contributed by atoms with E-state index >= 15 is 0 Å². The van der Waals surface area contributed by atoms with Crippen molar-refractivity contribution in [2.24, 2.45) is 0 Å². The summed E-state index contributed by atoms with van der Waals surface area (Å²) in [6.45, 7) is 0. The Morgan fingerprint density at radius 3 is 2.52 bits per heavy atom. The number of carbonyl (C=O) groups is 1. The number of hydrogen-bond acceptors (Lipinski definition) is 9. The Balaban J connectivity index is 1.52. The third-order valence-corrected chi connectivity index (χ3v) is 4.67. The van der Waals surface area contributed by atoms with E-state index in [1.807, 2.05) is 30.3 Å². The Hall–Kier alpha value is -5.13. The highest BCUT2D eigenvalue weighted by Gasteiger charge is 2.21. The van der Waals surface area contributed by atoms with Gasteiger partial charge in [0.2, 0.25) is 5.88 Å². The van der Waals surface area contributed by atoms with E-state index in [-0.39, 0.29) is 23.1 Å². The number of aromatic carboxylic acids is 1. The van der Waals surface area contributed by atoms with Crippen LogP contribution in [0.15, 0.2) is 76.3 Å². The Morgan fingerprint density at radius 2 is 1.79 bits per heavy atom. The number of hydrogen-bond donors (Lipinski definition) is 2. The van der Waals surface area contributed by atoms with E-state index in [4.69, 9.17) is 9.52 Å². The molecule has 0 fully saturated rings. The number of benzene rings is 2. The Labute approximate surface area is 184 Å². The van der Waals surface area contributed by atoms with Crippen LogP contribution in [0.25, 0.3) is 34.5 Å². The fourth-order valence-electron chi connectivity index (χ4n) is 3.06. The van der Waals surface area contributed by atoms with E-state index in [0.29, 0.717) is 11.4 Å². The molecule has 2 N–H and O–H groups in total. The van der Waals surface area contributed by atoms with Crippen LogP contribution in [-0.4, -0.2) is 50.9 Å². The van der Waals surface area contributed by atoms with Gasteiger partial charge in [0.1, 0.15) is 12.0 Å². The van der Waals surface area contributed by atoms with Gasteiger partial charge in [-0.1, -0.05) is 35.4 Å². The van der Waals surface area contributed by atoms with Crippen molar-refractivity contribution < 1.29 is 19.4 Å². The quantitative estimate of drug-likeness (QED) is 0.410. The van der Waals surface area contributed by atoms with E-state index in [9.17, 15) is 14.7 Å². The topological polar surface area (TPSA) is 162 Å². The molecule has 0 amide bonds. The fourth-order valence-corrected chi connectivity index (χ4v) is 3.06. The van der Waals surface area contributed by atoms with Crippen molar-refractivity contribution >= 4 is 5.97 Å². The molecule has 0 saturated heterocycles. The largest absolute Gasteiger partial charge is 0.492 e. The number of carboxylic acids is 1. The molecule has 5 rings (SSSR count). The van der Waals surface area contributed by atoms with E-state index in [2.05, 4.69) is 25.4 Å². The molecule has 0 aliphatic heterocycles. The standard InChI is InChI=1S/C21H13N7O5/c29-16-10-22-17(18-23-15(11-33-18)12-4-2-1-3-5-12)19(30)27(16)21-24-26-28(25-21)14-8-6-13(7-9-14)20(31)32/h1-11,30H,(H,31,32). The van der Waals surface area contributed by atoms with Crippen LogP contribution >= 0.6 is 0 Å². The molecule has 0 saturated carbocycles. The number of aromatic hydroxyl groups is 1. The molecule has 0 bridgehead atoms. The van der Waals surface area contributed by atoms with Crippen molar-refractivity contribution in [2.75, 3.05) is 0 Å². The summed E-state index contributed by atoms with van der Waals surface area (Å²) in [6.07, 6.45) is 2.39. The maximum Gasteiger partial charge on any atom is 0.335 e. The lowest BCUT2D eigenvalue weighted by Gasteiger charge is -2.05. The summed E-state index contributed by atoms with van der Waals surface area (Å²) in [6, 6.07) is 15.0. The monoisotopic (exact) mass is 443 g/mol. The summed E-state index contributed by atoms with van der Waals surface area (Å²) >= 11 is 0. The number of tetrazole rings is 1. The van der Waals surface area contributed by atoms with Crippen LogP contribution in [0.4, 0.5) is 0 Å². The van der Waals surface area contributed by atoms with Gasteiger partial charge in [0, 0.05) is 5.56 Å². The van der Waals surface area contributed by atoms with Gasteiger partial charge in [0.05, 0.1) is 17.4 Å². The number of carboxylic acid groups (broad SMARTS) is 1. The highest BCUT2D eigenvalue weighted by molar-refractivity contribution is 5.87. The van der Waals surface area contributed by atoms with Crippen LogP contribution in [-0.2, 0) is 0 Å². The molecular weight excluding hydrogens is 430 g/mol. The SMILES string of the molecule is O=C(O)c1ccc(-n2nnc(-n3c(O)c(-c4nc(-c5ccccc5)co4)ncc3=O)n2)cc1. The average Bonchev–Trinajstić information content (AvgIpc) is 3.50. The minimum Gasteiger partial charge on any atom is -0.492 e. The summed E-state index contributed by atoms with van der Waals surface area (Å²) in [4.78, 5) is 32.8. The van der Waals surface area contributed by atoms with Crippen LogP contribution in [0.5, 0.6) is 5.88 Å². The zero-order valence-corrected chi connectivity index (χ0v) is 16.6. The first-order valence-electron chi connectivity index (χ1n) is 9.48. The molecule has 3 heterocycles. The summed E-state index contributed by atoms with van der Waals surface area (Å²) < 4.78 is 6.27. The van der Waals surface area contributed by atoms with Gasteiger partial charge in [-0.3, -0.25) is 4.79 Å². The van der Waals surface area contributed by atoms with Gasteiger partial charge in [-0.25, -0.2) is 19.3 Å². The molecule has 3 aromatic heterocycles. The lowest BCUT2D eigenvalue weighted by atomic mass is 10.2. The molecule has 12 nitrogen and oxygen atoms in total. The second kappa shape index (κ2) is 7.85. The smallest absolute Gasteiger partial charge is 0.335 e. The van der Waals surface area contributed by atoms with Crippen molar-refractivity contribution in [3.8, 4) is 40.4 Å². The summed E-state index contributed by atoms with van der Waals surface area (Å²) in [5.41, 5.74) is 1.04. The van der Waals surface area contributed by atoms with E-state index in [0.717, 1.165) is 21.1 Å². The van der Waals surface area contributed by atoms with E-state index < -0.39 is 17.4 Å². The van der Waals surface area contributed by atoms with Gasteiger partial charge < -0.3 is 14.6 Å². The lowest BCUT2D eigenvalue weighted by molar-refractivity contribution is 0.0697. The predicted octanol–water partition coefficient (Wildman–Crippen LogP) is 1.93. The second-order valence-electron chi connectivity index (χ2n) is 6.74. The highest BCUT2D eigenvalue weighted by atomic mass is 16.4. The maximum absolute atomic E-state index is 12.4. The number of rotatable bonds is 5. The molecule has 12 heteroatoms. The third-order valence-electron chi connectivity index (χ3n) is 4.67. The van der Waals surface area contributed by atoms with Gasteiger partial charge in [-0.05, 0) is 29.5 Å². The van der Waals surface area contributed by atoms with Crippen molar-refractivity contribution in [3.05, 3.63) is 83.0 Å². The third kappa shape index (κ3) is 3.61. The maximum atomic E-state index is 12.4. The Bertz CT molecular complexity index is 1520. The van der Waals surface area contributed by atoms with Crippen molar-refractivity contribution in [1.82, 2.24) is 34.7 Å². The van der Waals surface area contributed by atoms with Crippen LogP contribution < -0.4 is 5.56 Å². The minimum absolute atomic E-state index is 0.00301. The Morgan fingerprint density at radius 1 is 1.03 bits per heavy atom. The van der Waals surface area contributed by atoms with Gasteiger partial charge in [0.15, 0.2) is 5.69 Å². The van der Waals surface area contributed by atoms with Crippen LogP contribution in [0, 0.1) is 0 Å². The Kier molecular flexibility index (Phi) is 4.71. The lowest BCUT2D eigenvalue weighted by Crippen LogP contribution is -2.20. The minimum atomic E-state index is -1.07. The fraction of sp³-hybridized carbons (Fsp3) is 0. The van der Waals surface area contributed by atoms with Crippen molar-refractivity contribution in [1.29, 1.82) is 0 Å².